The van der Waals surface area contributed by atoms with Gasteiger partial charge in [-0.15, -0.1) is 12.4 Å². The molecule has 1 atom stereocenters. The Hall–Kier alpha value is -0.730. The Labute approximate surface area is 123 Å². The molecule has 0 bridgehead atoms. The van der Waals surface area contributed by atoms with Gasteiger partial charge in [0.25, 0.3) is 0 Å². The van der Waals surface area contributed by atoms with Gasteiger partial charge in [0.2, 0.25) is 0 Å². The van der Waals surface area contributed by atoms with E-state index in [1.54, 1.807) is 0 Å². The zero-order chi connectivity index (χ0) is 13.1. The van der Waals surface area contributed by atoms with E-state index in [4.69, 9.17) is 4.74 Å². The minimum atomic E-state index is 0. The highest BCUT2D eigenvalue weighted by molar-refractivity contribution is 5.85. The van der Waals surface area contributed by atoms with Crippen molar-refractivity contribution in [1.29, 1.82) is 0 Å². The minimum Gasteiger partial charge on any atom is -0.493 e. The predicted octanol–water partition coefficient (Wildman–Crippen LogP) is 3.75. The van der Waals surface area contributed by atoms with Crippen LogP contribution in [-0.4, -0.2) is 31.6 Å². The molecule has 0 N–H and O–H groups in total. The SMILES string of the molecule is Cc1cc(C)c(OCC2CCCN(C)C2)c(C)c1.Cl. The van der Waals surface area contributed by atoms with Crippen molar-refractivity contribution in [2.45, 2.75) is 33.6 Å². The van der Waals surface area contributed by atoms with E-state index < -0.39 is 0 Å². The maximum Gasteiger partial charge on any atom is 0.125 e. The van der Waals surface area contributed by atoms with Crippen molar-refractivity contribution in [1.82, 2.24) is 4.90 Å². The van der Waals surface area contributed by atoms with Gasteiger partial charge in [-0.3, -0.25) is 0 Å². The molecule has 2 rings (SSSR count). The number of rotatable bonds is 3. The van der Waals surface area contributed by atoms with E-state index in [2.05, 4.69) is 44.9 Å². The Morgan fingerprint density at radius 2 is 1.84 bits per heavy atom. The van der Waals surface area contributed by atoms with Gasteiger partial charge in [-0.05, 0) is 58.3 Å². The van der Waals surface area contributed by atoms with Crippen LogP contribution in [0.3, 0.4) is 0 Å². The van der Waals surface area contributed by atoms with E-state index >= 15 is 0 Å². The first-order valence-electron chi connectivity index (χ1n) is 6.95. The van der Waals surface area contributed by atoms with Crippen molar-refractivity contribution >= 4 is 12.4 Å². The topological polar surface area (TPSA) is 12.5 Å². The van der Waals surface area contributed by atoms with Crippen molar-refractivity contribution < 1.29 is 4.74 Å². The number of ether oxygens (including phenoxy) is 1. The normalized spacial score (nSPS) is 19.9. The molecule has 1 aromatic carbocycles. The fraction of sp³-hybridized carbons (Fsp3) is 0.625. The first kappa shape index (κ1) is 16.3. The maximum atomic E-state index is 6.08. The highest BCUT2D eigenvalue weighted by Crippen LogP contribution is 2.26. The Morgan fingerprint density at radius 1 is 1.21 bits per heavy atom. The van der Waals surface area contributed by atoms with Crippen LogP contribution in [-0.2, 0) is 0 Å². The molecule has 1 aliphatic rings. The van der Waals surface area contributed by atoms with Crippen LogP contribution in [0.4, 0.5) is 0 Å². The van der Waals surface area contributed by atoms with E-state index in [1.165, 1.54) is 42.6 Å². The standard InChI is InChI=1S/C16H25NO.ClH/c1-12-8-13(2)16(14(3)9-12)18-11-15-6-5-7-17(4)10-15;/h8-9,15H,5-7,10-11H2,1-4H3;1H. The second-order valence-corrected chi connectivity index (χ2v) is 5.81. The number of likely N-dealkylation sites (tertiary alicyclic amines) is 1. The smallest absolute Gasteiger partial charge is 0.125 e. The van der Waals surface area contributed by atoms with Gasteiger partial charge in [-0.1, -0.05) is 17.7 Å². The summed E-state index contributed by atoms with van der Waals surface area (Å²) in [5.74, 6) is 1.78. The molecule has 108 valence electrons. The van der Waals surface area contributed by atoms with Crippen molar-refractivity contribution in [2.75, 3.05) is 26.7 Å². The number of hydrogen-bond donors (Lipinski definition) is 0. The van der Waals surface area contributed by atoms with Crippen molar-refractivity contribution in [2.24, 2.45) is 5.92 Å². The quantitative estimate of drug-likeness (QED) is 0.838. The number of hydrogen-bond acceptors (Lipinski definition) is 2. The molecule has 0 spiro atoms. The molecule has 3 heteroatoms. The zero-order valence-corrected chi connectivity index (χ0v) is 13.3. The van der Waals surface area contributed by atoms with Gasteiger partial charge in [0.15, 0.2) is 0 Å². The number of halogens is 1. The van der Waals surface area contributed by atoms with Crippen LogP contribution in [0.5, 0.6) is 5.75 Å². The average molecular weight is 284 g/mol. The molecule has 1 unspecified atom stereocenters. The Bertz CT molecular complexity index is 396. The summed E-state index contributed by atoms with van der Waals surface area (Å²) in [6.07, 6.45) is 2.60. The van der Waals surface area contributed by atoms with Gasteiger partial charge in [0.05, 0.1) is 6.61 Å². The monoisotopic (exact) mass is 283 g/mol. The lowest BCUT2D eigenvalue weighted by molar-refractivity contribution is 0.149. The molecule has 1 aromatic rings. The van der Waals surface area contributed by atoms with Crippen LogP contribution in [0.2, 0.25) is 0 Å². The van der Waals surface area contributed by atoms with E-state index in [-0.39, 0.29) is 12.4 Å². The third kappa shape index (κ3) is 4.39. The third-order valence-corrected chi connectivity index (χ3v) is 3.79. The fourth-order valence-corrected chi connectivity index (χ4v) is 3.00. The van der Waals surface area contributed by atoms with Gasteiger partial charge in [-0.2, -0.15) is 0 Å². The van der Waals surface area contributed by atoms with Gasteiger partial charge in [0.1, 0.15) is 5.75 Å². The molecule has 1 saturated heterocycles. The second-order valence-electron chi connectivity index (χ2n) is 5.81. The molecule has 1 heterocycles. The molecule has 1 aliphatic heterocycles. The third-order valence-electron chi connectivity index (χ3n) is 3.79. The molecular weight excluding hydrogens is 258 g/mol. The molecule has 1 fully saturated rings. The molecule has 2 nitrogen and oxygen atoms in total. The molecule has 0 aromatic heterocycles. The minimum absolute atomic E-state index is 0. The largest absolute Gasteiger partial charge is 0.493 e. The van der Waals surface area contributed by atoms with E-state index in [0.717, 1.165) is 12.4 Å². The highest BCUT2D eigenvalue weighted by Gasteiger charge is 2.18. The van der Waals surface area contributed by atoms with Crippen molar-refractivity contribution in [3.63, 3.8) is 0 Å². The molecule has 19 heavy (non-hydrogen) atoms. The summed E-state index contributed by atoms with van der Waals surface area (Å²) < 4.78 is 6.08. The summed E-state index contributed by atoms with van der Waals surface area (Å²) in [6, 6.07) is 4.41. The Kier molecular flexibility index (Phi) is 6.15. The molecule has 0 saturated carbocycles. The van der Waals surface area contributed by atoms with E-state index in [0.29, 0.717) is 5.92 Å². The number of benzene rings is 1. The van der Waals surface area contributed by atoms with Crippen molar-refractivity contribution in [3.8, 4) is 5.75 Å². The van der Waals surface area contributed by atoms with Crippen molar-refractivity contribution in [3.05, 3.63) is 28.8 Å². The fourth-order valence-electron chi connectivity index (χ4n) is 3.00. The van der Waals surface area contributed by atoms with Crippen LogP contribution in [0.25, 0.3) is 0 Å². The van der Waals surface area contributed by atoms with Crippen LogP contribution < -0.4 is 4.74 Å². The summed E-state index contributed by atoms with van der Waals surface area (Å²) in [6.45, 7) is 9.68. The first-order valence-corrected chi connectivity index (χ1v) is 6.95. The maximum absolute atomic E-state index is 6.08. The molecule has 0 aliphatic carbocycles. The Morgan fingerprint density at radius 3 is 2.42 bits per heavy atom. The molecule has 0 amide bonds. The summed E-state index contributed by atoms with van der Waals surface area (Å²) in [4.78, 5) is 2.41. The van der Waals surface area contributed by atoms with Crippen LogP contribution in [0.15, 0.2) is 12.1 Å². The predicted molar refractivity (Wildman–Crippen MR) is 83.6 cm³/mol. The highest BCUT2D eigenvalue weighted by atomic mass is 35.5. The number of piperidine rings is 1. The average Bonchev–Trinajstić information content (AvgIpc) is 2.27. The van der Waals surface area contributed by atoms with Crippen LogP contribution in [0, 0.1) is 26.7 Å². The van der Waals surface area contributed by atoms with Gasteiger partial charge >= 0.3 is 0 Å². The number of nitrogens with zero attached hydrogens (tertiary/aromatic N) is 1. The van der Waals surface area contributed by atoms with Gasteiger partial charge in [0, 0.05) is 12.5 Å². The van der Waals surface area contributed by atoms with Gasteiger partial charge < -0.3 is 9.64 Å². The van der Waals surface area contributed by atoms with Crippen LogP contribution in [0.1, 0.15) is 29.5 Å². The first-order chi connectivity index (χ1) is 8.56. The lowest BCUT2D eigenvalue weighted by Crippen LogP contribution is -2.34. The zero-order valence-electron chi connectivity index (χ0n) is 12.5. The summed E-state index contributed by atoms with van der Waals surface area (Å²) in [5, 5.41) is 0. The van der Waals surface area contributed by atoms with Crippen LogP contribution >= 0.6 is 12.4 Å². The summed E-state index contributed by atoms with van der Waals surface area (Å²) in [7, 11) is 2.20. The number of aryl methyl sites for hydroxylation is 3. The lowest BCUT2D eigenvalue weighted by Gasteiger charge is -2.29. The van der Waals surface area contributed by atoms with E-state index in [1.807, 2.05) is 0 Å². The Balaban J connectivity index is 0.00000180. The summed E-state index contributed by atoms with van der Waals surface area (Å²) >= 11 is 0. The van der Waals surface area contributed by atoms with Gasteiger partial charge in [-0.25, -0.2) is 0 Å². The van der Waals surface area contributed by atoms with E-state index in [9.17, 15) is 0 Å². The molecular formula is C16H26ClNO. The summed E-state index contributed by atoms with van der Waals surface area (Å²) in [5.41, 5.74) is 3.84. The second kappa shape index (κ2) is 7.16. The molecule has 0 radical (unpaired) electrons. The lowest BCUT2D eigenvalue weighted by atomic mass is 9.99.